The van der Waals surface area contributed by atoms with E-state index < -0.39 is 62.9 Å². The van der Waals surface area contributed by atoms with Crippen molar-refractivity contribution in [2.75, 3.05) is 33.2 Å². The number of benzene rings is 1. The monoisotopic (exact) mass is 586 g/mol. The maximum Gasteiger partial charge on any atom is 0.344 e. The van der Waals surface area contributed by atoms with Crippen molar-refractivity contribution in [1.29, 1.82) is 0 Å². The number of fused-ring (bicyclic) bond motifs is 2. The molecule has 6 fully saturated rings. The summed E-state index contributed by atoms with van der Waals surface area (Å²) < 4.78 is 23.8. The molecule has 1 unspecified atom stereocenters. The molecule has 1 saturated heterocycles. The van der Waals surface area contributed by atoms with Crippen LogP contribution >= 0.6 is 0 Å². The Morgan fingerprint density at radius 2 is 1.83 bits per heavy atom. The molecule has 0 radical (unpaired) electrons. The molecule has 13 atom stereocenters. The van der Waals surface area contributed by atoms with Crippen molar-refractivity contribution in [3.8, 4) is 0 Å². The van der Waals surface area contributed by atoms with Gasteiger partial charge in [-0.25, -0.2) is 4.79 Å². The van der Waals surface area contributed by atoms with Crippen LogP contribution < -0.4 is 5.32 Å². The normalized spacial score (nSPS) is 51.0. The number of ether oxygens (including phenoxy) is 4. The summed E-state index contributed by atoms with van der Waals surface area (Å²) in [5.74, 6) is -2.70. The number of piperidine rings is 1. The average Bonchev–Trinajstić information content (AvgIpc) is 3.49. The Bertz CT molecular complexity index is 1330. The predicted molar refractivity (Wildman–Crippen MR) is 149 cm³/mol. The highest BCUT2D eigenvalue weighted by molar-refractivity contribution is 6.00. The second kappa shape index (κ2) is 8.97. The minimum atomic E-state index is -1.62. The molecule has 7 rings (SSSR count). The second-order valence-corrected chi connectivity index (χ2v) is 13.5. The Labute approximate surface area is 245 Å². The molecule has 1 heterocycles. The first-order chi connectivity index (χ1) is 20.0. The van der Waals surface area contributed by atoms with E-state index in [9.17, 15) is 19.8 Å². The van der Waals surface area contributed by atoms with Gasteiger partial charge in [0.15, 0.2) is 0 Å². The highest BCUT2D eigenvalue weighted by atomic mass is 16.7. The van der Waals surface area contributed by atoms with Gasteiger partial charge < -0.3 is 44.3 Å². The number of nitrogens with one attached hydrogen (secondary N) is 1. The van der Waals surface area contributed by atoms with E-state index in [0.29, 0.717) is 31.4 Å². The second-order valence-electron chi connectivity index (χ2n) is 13.5. The maximum absolute atomic E-state index is 15.6. The zero-order valence-electron chi connectivity index (χ0n) is 24.9. The van der Waals surface area contributed by atoms with E-state index in [4.69, 9.17) is 18.9 Å². The number of aliphatic hydroxyl groups is 2. The Morgan fingerprint density at radius 3 is 2.48 bits per heavy atom. The zero-order valence-corrected chi connectivity index (χ0v) is 24.9. The number of amides is 1. The fraction of sp³-hybridized carbons (Fsp3) is 0.742. The molecule has 0 aromatic heterocycles. The number of methoxy groups -OCH3 is 3. The minimum absolute atomic E-state index is 0.128. The quantitative estimate of drug-likeness (QED) is 0.249. The molecule has 1 aromatic rings. The molecule has 5 saturated carbocycles. The fourth-order valence-corrected chi connectivity index (χ4v) is 11.8. The van der Waals surface area contributed by atoms with Crippen molar-refractivity contribution in [2.45, 2.75) is 87.2 Å². The average molecular weight is 587 g/mol. The highest BCUT2D eigenvalue weighted by Gasteiger charge is 2.95. The van der Waals surface area contributed by atoms with E-state index in [-0.39, 0.29) is 42.6 Å². The number of carbonyl (C=O) groups is 2. The lowest BCUT2D eigenvalue weighted by Crippen LogP contribution is -2.80. The summed E-state index contributed by atoms with van der Waals surface area (Å²) >= 11 is 0. The topological polar surface area (TPSA) is 147 Å². The SMILES string of the molecule is CC[N+]1([O-])[C@@H]2[C@@H]3C[C@@H]4[C@@]2([C@@H](OC)CC[C@@]41OC(=O)c1ccccc1NC(C)=O)[C@@H]1C[C@@H]2[C@@H](OC)C[C@@]3(O)[C@@]1(O)[C@H]2OC. The Balaban J connectivity index is 1.40. The molecular formula is C31H42N2O9. The molecule has 11 heteroatoms. The molecule has 3 N–H and O–H groups in total. The van der Waals surface area contributed by atoms with Crippen molar-refractivity contribution in [3.05, 3.63) is 35.0 Å². The highest BCUT2D eigenvalue weighted by Crippen LogP contribution is 2.83. The van der Waals surface area contributed by atoms with E-state index in [1.165, 1.54) is 6.92 Å². The summed E-state index contributed by atoms with van der Waals surface area (Å²) in [5.41, 5.74) is -5.01. The van der Waals surface area contributed by atoms with Gasteiger partial charge in [0, 0.05) is 58.8 Å². The van der Waals surface area contributed by atoms with Crippen LogP contribution in [0, 0.1) is 34.3 Å². The Morgan fingerprint density at radius 1 is 1.10 bits per heavy atom. The van der Waals surface area contributed by atoms with E-state index in [2.05, 4.69) is 5.32 Å². The van der Waals surface area contributed by atoms with Gasteiger partial charge in [-0.1, -0.05) is 12.1 Å². The predicted octanol–water partition coefficient (Wildman–Crippen LogP) is 2.19. The van der Waals surface area contributed by atoms with Crippen molar-refractivity contribution < 1.29 is 43.4 Å². The summed E-state index contributed by atoms with van der Waals surface area (Å²) in [6, 6.07) is 5.98. The molecule has 230 valence electrons. The minimum Gasteiger partial charge on any atom is -0.630 e. The number of carbonyl (C=O) groups excluding carboxylic acids is 2. The molecule has 7 bridgehead atoms. The summed E-state index contributed by atoms with van der Waals surface area (Å²) in [6.07, 6.45) is 0.547. The molecular weight excluding hydrogens is 544 g/mol. The summed E-state index contributed by atoms with van der Waals surface area (Å²) in [6.45, 7) is 3.31. The number of rotatable bonds is 7. The lowest BCUT2D eigenvalue weighted by Gasteiger charge is -2.65. The summed E-state index contributed by atoms with van der Waals surface area (Å²) in [7, 11) is 4.84. The van der Waals surface area contributed by atoms with Crippen LogP contribution in [0.2, 0.25) is 0 Å². The number of likely N-dealkylation sites (tertiary alicyclic amines) is 1. The van der Waals surface area contributed by atoms with Crippen LogP contribution in [-0.2, 0) is 23.7 Å². The van der Waals surface area contributed by atoms with Gasteiger partial charge in [-0.05, 0) is 38.3 Å². The van der Waals surface area contributed by atoms with Gasteiger partial charge in [0.2, 0.25) is 5.91 Å². The molecule has 1 aliphatic heterocycles. The maximum atomic E-state index is 15.6. The van der Waals surface area contributed by atoms with E-state index in [1.807, 2.05) is 6.92 Å². The summed E-state index contributed by atoms with van der Waals surface area (Å²) in [4.78, 5) is 25.9. The van der Waals surface area contributed by atoms with Crippen molar-refractivity contribution in [3.63, 3.8) is 0 Å². The Kier molecular flexibility index (Phi) is 6.11. The molecule has 6 aliphatic rings. The standard InChI is InChI=1S/C31H42N2O9/c1-6-33(38)25-19-14-22-29(33,42-27(35)17-9-7-8-10-20(17)32-16(2)34)12-11-24(40-4)30(22,25)23-13-18-21(39-3)15-28(19,36)31(23,37)26(18)41-5/h7-10,18-19,21-26,36-37H,6,11-15H2,1-5H3,(H,32,34)/t18-,19+,21+,22+,23+,24+,25-,26+,28+,29-,30+,31+,33?/m1/s1. The van der Waals surface area contributed by atoms with Crippen LogP contribution in [0.1, 0.15) is 56.3 Å². The van der Waals surface area contributed by atoms with E-state index in [1.54, 1.807) is 45.6 Å². The molecule has 1 spiro atoms. The van der Waals surface area contributed by atoms with Crippen molar-refractivity contribution in [2.24, 2.45) is 29.1 Å². The van der Waals surface area contributed by atoms with Crippen LogP contribution in [-0.4, -0.2) is 95.9 Å². The number of anilines is 1. The molecule has 42 heavy (non-hydrogen) atoms. The van der Waals surface area contributed by atoms with Crippen molar-refractivity contribution >= 4 is 17.6 Å². The fourth-order valence-electron chi connectivity index (χ4n) is 11.8. The van der Waals surface area contributed by atoms with Gasteiger partial charge in [0.25, 0.3) is 5.72 Å². The van der Waals surface area contributed by atoms with Crippen LogP contribution in [0.15, 0.2) is 24.3 Å². The number of nitrogens with zero attached hydrogens (tertiary/aromatic N) is 1. The number of quaternary nitrogens is 1. The molecule has 1 aromatic carbocycles. The van der Waals surface area contributed by atoms with Gasteiger partial charge in [0.05, 0.1) is 47.4 Å². The van der Waals surface area contributed by atoms with Crippen LogP contribution in [0.3, 0.4) is 0 Å². The molecule has 5 aliphatic carbocycles. The largest absolute Gasteiger partial charge is 0.630 e. The molecule has 1 amide bonds. The Hall–Kier alpha value is -2.12. The molecule has 11 nitrogen and oxygen atoms in total. The summed E-state index contributed by atoms with van der Waals surface area (Å²) in [5, 5.41) is 43.7. The van der Waals surface area contributed by atoms with Gasteiger partial charge in [-0.2, -0.15) is 0 Å². The number of hydrogen-bond donors (Lipinski definition) is 3. The number of hydrogen-bond acceptors (Lipinski definition) is 9. The van der Waals surface area contributed by atoms with E-state index >= 15 is 5.21 Å². The van der Waals surface area contributed by atoms with Gasteiger partial charge in [-0.3, -0.25) is 4.79 Å². The van der Waals surface area contributed by atoms with Gasteiger partial charge in [0.1, 0.15) is 17.2 Å². The lowest BCUT2D eigenvalue weighted by molar-refractivity contribution is -0.975. The third-order valence-corrected chi connectivity index (χ3v) is 12.7. The third kappa shape index (κ3) is 2.87. The van der Waals surface area contributed by atoms with Gasteiger partial charge >= 0.3 is 5.97 Å². The van der Waals surface area contributed by atoms with Crippen LogP contribution in [0.25, 0.3) is 0 Å². The first kappa shape index (κ1) is 28.6. The number of hydroxylamine groups is 3. The lowest BCUT2D eigenvalue weighted by atomic mass is 9.48. The first-order valence-electron chi connectivity index (χ1n) is 15.2. The van der Waals surface area contributed by atoms with Crippen LogP contribution in [0.5, 0.6) is 0 Å². The van der Waals surface area contributed by atoms with E-state index in [0.717, 1.165) is 0 Å². The first-order valence-corrected chi connectivity index (χ1v) is 15.2. The number of esters is 1. The third-order valence-electron chi connectivity index (χ3n) is 12.7. The van der Waals surface area contributed by atoms with Crippen LogP contribution in [0.4, 0.5) is 5.69 Å². The smallest absolute Gasteiger partial charge is 0.344 e. The number of para-hydroxylation sites is 1. The van der Waals surface area contributed by atoms with Gasteiger partial charge in [-0.15, -0.1) is 0 Å². The van der Waals surface area contributed by atoms with Crippen molar-refractivity contribution in [1.82, 2.24) is 0 Å². The zero-order chi connectivity index (χ0) is 30.0.